The average Bonchev–Trinajstić information content (AvgIpc) is 2.44. The van der Waals surface area contributed by atoms with Crippen molar-refractivity contribution in [2.45, 2.75) is 30.8 Å². The van der Waals surface area contributed by atoms with Crippen molar-refractivity contribution < 1.29 is 13.2 Å². The highest BCUT2D eigenvalue weighted by molar-refractivity contribution is 7.89. The highest BCUT2D eigenvalue weighted by Gasteiger charge is 2.34. The van der Waals surface area contributed by atoms with Crippen molar-refractivity contribution in [1.82, 2.24) is 9.21 Å². The lowest BCUT2D eigenvalue weighted by Crippen LogP contribution is -2.56. The molecule has 1 heterocycles. The van der Waals surface area contributed by atoms with E-state index >= 15 is 0 Å². The lowest BCUT2D eigenvalue weighted by Gasteiger charge is -2.41. The highest BCUT2D eigenvalue weighted by atomic mass is 32.2. The minimum Gasteiger partial charge on any atom is -0.497 e. The van der Waals surface area contributed by atoms with Crippen LogP contribution in [0.4, 0.5) is 0 Å². The Balaban J connectivity index is 2.30. The zero-order valence-corrected chi connectivity index (χ0v) is 13.2. The lowest BCUT2D eigenvalue weighted by atomic mass is 10.1. The summed E-state index contributed by atoms with van der Waals surface area (Å²) in [7, 11) is 0.109. The second-order valence-corrected chi connectivity index (χ2v) is 7.30. The van der Waals surface area contributed by atoms with Crippen LogP contribution in [0.25, 0.3) is 0 Å². The third-order valence-electron chi connectivity index (χ3n) is 4.01. The van der Waals surface area contributed by atoms with E-state index < -0.39 is 10.0 Å². The van der Waals surface area contributed by atoms with Gasteiger partial charge in [0, 0.05) is 31.2 Å². The number of benzene rings is 1. The number of likely N-dealkylation sites (N-methyl/N-ethyl adjacent to an activating group) is 1. The maximum atomic E-state index is 12.7. The average molecular weight is 298 g/mol. The van der Waals surface area contributed by atoms with Gasteiger partial charge >= 0.3 is 0 Å². The first-order valence-electron chi connectivity index (χ1n) is 6.72. The van der Waals surface area contributed by atoms with Crippen LogP contribution in [0.3, 0.4) is 0 Å². The quantitative estimate of drug-likeness (QED) is 0.846. The number of hydrogen-bond acceptors (Lipinski definition) is 4. The molecule has 1 aromatic rings. The van der Waals surface area contributed by atoms with Crippen molar-refractivity contribution in [2.75, 3.05) is 27.2 Å². The first-order valence-corrected chi connectivity index (χ1v) is 8.16. The van der Waals surface area contributed by atoms with Crippen molar-refractivity contribution in [3.63, 3.8) is 0 Å². The van der Waals surface area contributed by atoms with E-state index in [-0.39, 0.29) is 12.1 Å². The molecule has 1 aliphatic rings. The predicted molar refractivity (Wildman–Crippen MR) is 78.4 cm³/mol. The largest absolute Gasteiger partial charge is 0.497 e. The molecular weight excluding hydrogens is 276 g/mol. The van der Waals surface area contributed by atoms with Crippen LogP contribution in [-0.2, 0) is 10.0 Å². The van der Waals surface area contributed by atoms with Crippen molar-refractivity contribution in [2.24, 2.45) is 0 Å². The smallest absolute Gasteiger partial charge is 0.243 e. The maximum Gasteiger partial charge on any atom is 0.243 e. The summed E-state index contributed by atoms with van der Waals surface area (Å²) >= 11 is 0. The van der Waals surface area contributed by atoms with Crippen molar-refractivity contribution >= 4 is 10.0 Å². The Morgan fingerprint density at radius 3 is 2.35 bits per heavy atom. The third kappa shape index (κ3) is 2.82. The molecule has 112 valence electrons. The fourth-order valence-corrected chi connectivity index (χ4v) is 4.10. The standard InChI is InChI=1S/C14H22N2O3S/c1-11-9-16(10-12(2)15(11)3)20(17,18)14-7-5-6-13(8-14)19-4/h5-8,11-12H,9-10H2,1-4H3. The molecule has 1 aliphatic heterocycles. The predicted octanol–water partition coefficient (Wildman–Crippen LogP) is 1.41. The molecule has 0 aliphatic carbocycles. The Kier molecular flexibility index (Phi) is 4.36. The number of hydrogen-bond donors (Lipinski definition) is 0. The molecule has 2 unspecified atom stereocenters. The molecular formula is C14H22N2O3S. The van der Waals surface area contributed by atoms with Crippen LogP contribution >= 0.6 is 0 Å². The van der Waals surface area contributed by atoms with Crippen LogP contribution < -0.4 is 4.74 Å². The SMILES string of the molecule is COc1cccc(S(=O)(=O)N2CC(C)N(C)C(C)C2)c1. The van der Waals surface area contributed by atoms with Crippen molar-refractivity contribution in [3.05, 3.63) is 24.3 Å². The zero-order chi connectivity index (χ0) is 14.9. The van der Waals surface area contributed by atoms with E-state index in [9.17, 15) is 8.42 Å². The van der Waals surface area contributed by atoms with Crippen LogP contribution in [0.5, 0.6) is 5.75 Å². The van der Waals surface area contributed by atoms with Gasteiger partial charge in [0.2, 0.25) is 10.0 Å². The molecule has 0 radical (unpaired) electrons. The number of piperazine rings is 1. The molecule has 5 nitrogen and oxygen atoms in total. The Morgan fingerprint density at radius 1 is 1.20 bits per heavy atom. The Bertz CT molecular complexity index is 562. The molecule has 1 saturated heterocycles. The van der Waals surface area contributed by atoms with E-state index in [0.717, 1.165) is 0 Å². The van der Waals surface area contributed by atoms with Gasteiger partial charge < -0.3 is 4.74 Å². The minimum absolute atomic E-state index is 0.208. The molecule has 1 aromatic carbocycles. The normalized spacial score (nSPS) is 25.6. The number of methoxy groups -OCH3 is 1. The third-order valence-corrected chi connectivity index (χ3v) is 5.83. The first-order chi connectivity index (χ1) is 9.36. The van der Waals surface area contributed by atoms with E-state index in [1.807, 2.05) is 20.9 Å². The maximum absolute atomic E-state index is 12.7. The fraction of sp³-hybridized carbons (Fsp3) is 0.571. The fourth-order valence-electron chi connectivity index (χ4n) is 2.46. The zero-order valence-electron chi connectivity index (χ0n) is 12.4. The molecule has 2 atom stereocenters. The van der Waals surface area contributed by atoms with Crippen LogP contribution in [0, 0.1) is 0 Å². The number of rotatable bonds is 3. The van der Waals surface area contributed by atoms with Gasteiger partial charge in [-0.25, -0.2) is 8.42 Å². The van der Waals surface area contributed by atoms with Gasteiger partial charge in [0.05, 0.1) is 12.0 Å². The molecule has 0 aromatic heterocycles. The summed E-state index contributed by atoms with van der Waals surface area (Å²) in [4.78, 5) is 2.50. The highest BCUT2D eigenvalue weighted by Crippen LogP contribution is 2.24. The monoisotopic (exact) mass is 298 g/mol. The van der Waals surface area contributed by atoms with Gasteiger partial charge in [-0.1, -0.05) is 6.07 Å². The summed E-state index contributed by atoms with van der Waals surface area (Å²) in [6, 6.07) is 7.05. The Morgan fingerprint density at radius 2 is 1.80 bits per heavy atom. The summed E-state index contributed by atoms with van der Waals surface area (Å²) in [5.74, 6) is 0.557. The second-order valence-electron chi connectivity index (χ2n) is 5.36. The van der Waals surface area contributed by atoms with Gasteiger partial charge in [-0.3, -0.25) is 4.90 Å². The molecule has 6 heteroatoms. The summed E-state index contributed by atoms with van der Waals surface area (Å²) in [5, 5.41) is 0. The molecule has 0 bridgehead atoms. The first kappa shape index (κ1) is 15.3. The van der Waals surface area contributed by atoms with E-state index in [2.05, 4.69) is 4.90 Å². The second kappa shape index (κ2) is 5.71. The molecule has 20 heavy (non-hydrogen) atoms. The van der Waals surface area contributed by atoms with Gasteiger partial charge in [0.15, 0.2) is 0 Å². The van der Waals surface area contributed by atoms with E-state index in [0.29, 0.717) is 23.7 Å². The van der Waals surface area contributed by atoms with Gasteiger partial charge in [0.25, 0.3) is 0 Å². The Hall–Kier alpha value is -1.11. The summed E-state index contributed by atoms with van der Waals surface area (Å²) in [6.45, 7) is 5.12. The summed E-state index contributed by atoms with van der Waals surface area (Å²) in [5.41, 5.74) is 0. The molecule has 0 spiro atoms. The molecule has 0 saturated carbocycles. The van der Waals surface area contributed by atoms with Crippen LogP contribution in [-0.4, -0.2) is 57.0 Å². The van der Waals surface area contributed by atoms with Gasteiger partial charge in [-0.2, -0.15) is 4.31 Å². The topological polar surface area (TPSA) is 49.9 Å². The summed E-state index contributed by atoms with van der Waals surface area (Å²) < 4.78 is 32.1. The Labute approximate surface area is 121 Å². The van der Waals surface area contributed by atoms with Crippen LogP contribution in [0.15, 0.2) is 29.2 Å². The molecule has 0 N–H and O–H groups in total. The molecule has 0 amide bonds. The van der Waals surface area contributed by atoms with Gasteiger partial charge in [-0.15, -0.1) is 0 Å². The van der Waals surface area contributed by atoms with Crippen LogP contribution in [0.2, 0.25) is 0 Å². The van der Waals surface area contributed by atoms with Crippen molar-refractivity contribution in [3.8, 4) is 5.75 Å². The molecule has 1 fully saturated rings. The van der Waals surface area contributed by atoms with Gasteiger partial charge in [-0.05, 0) is 33.0 Å². The number of sulfonamides is 1. The summed E-state index contributed by atoms with van der Waals surface area (Å²) in [6.07, 6.45) is 0. The number of ether oxygens (including phenoxy) is 1. The van der Waals surface area contributed by atoms with E-state index in [1.54, 1.807) is 28.6 Å². The van der Waals surface area contributed by atoms with E-state index in [4.69, 9.17) is 4.74 Å². The van der Waals surface area contributed by atoms with Crippen LogP contribution in [0.1, 0.15) is 13.8 Å². The number of nitrogens with zero attached hydrogens (tertiary/aromatic N) is 2. The van der Waals surface area contributed by atoms with Crippen molar-refractivity contribution in [1.29, 1.82) is 0 Å². The molecule has 2 rings (SSSR count). The minimum atomic E-state index is -3.46. The van der Waals surface area contributed by atoms with Gasteiger partial charge in [0.1, 0.15) is 5.75 Å². The lowest BCUT2D eigenvalue weighted by molar-refractivity contribution is 0.105. The van der Waals surface area contributed by atoms with E-state index in [1.165, 1.54) is 7.11 Å².